The van der Waals surface area contributed by atoms with E-state index in [9.17, 15) is 29.0 Å². The minimum Gasteiger partial charge on any atom is -0.322 e. The van der Waals surface area contributed by atoms with Gasteiger partial charge in [-0.2, -0.15) is 5.10 Å². The number of carbonyl (C=O) groups is 2. The molecule has 0 fully saturated rings. The number of aryl methyl sites for hydroxylation is 2. The quantitative estimate of drug-likeness (QED) is 0.172. The first kappa shape index (κ1) is 26.1. The summed E-state index contributed by atoms with van der Waals surface area (Å²) in [7, 11) is -10.1. The topological polar surface area (TPSA) is 81.3 Å². The van der Waals surface area contributed by atoms with Gasteiger partial charge in [-0.1, -0.05) is 25.5 Å². The monoisotopic (exact) mass is 561 g/mol. The lowest BCUT2D eigenvalue weighted by Crippen LogP contribution is -2.16. The van der Waals surface area contributed by atoms with Gasteiger partial charge in [-0.05, 0) is 61.4 Å². The smallest absolute Gasteiger partial charge is 0.310 e. The maximum atomic E-state index is 13.4. The van der Waals surface area contributed by atoms with Gasteiger partial charge in [-0.3, -0.25) is 19.1 Å². The number of anilines is 1. The Bertz CT molecular complexity index is 1780. The van der Waals surface area contributed by atoms with E-state index in [2.05, 4.69) is 15.4 Å². The molecular weight excluding hydrogens is 541 g/mol. The van der Waals surface area contributed by atoms with Crippen LogP contribution in [0.25, 0.3) is 22.6 Å². The zero-order valence-electron chi connectivity index (χ0n) is 20.4. The largest absolute Gasteiger partial charge is 0.322 e. The fourth-order valence-electron chi connectivity index (χ4n) is 4.21. The predicted molar refractivity (Wildman–Crippen MR) is 138 cm³/mol. The minimum atomic E-state index is -10.1. The van der Waals surface area contributed by atoms with Crippen molar-refractivity contribution in [3.63, 3.8) is 0 Å². The summed E-state index contributed by atoms with van der Waals surface area (Å²) in [5.41, 5.74) is 3.03. The molecule has 0 aliphatic rings. The molecule has 0 saturated carbocycles. The Morgan fingerprint density at radius 3 is 2.41 bits per heavy atom. The molecule has 1 amide bonds. The number of aromatic nitrogens is 4. The third-order valence-corrected chi connectivity index (χ3v) is 7.23. The van der Waals surface area contributed by atoms with Crippen molar-refractivity contribution in [1.29, 1.82) is 0 Å². The molecule has 39 heavy (non-hydrogen) atoms. The van der Waals surface area contributed by atoms with Crippen LogP contribution in [0.5, 0.6) is 0 Å². The van der Waals surface area contributed by atoms with Crippen molar-refractivity contribution in [1.82, 2.24) is 19.2 Å². The molecule has 0 aliphatic carbocycles. The summed E-state index contributed by atoms with van der Waals surface area (Å²) in [6, 6.07) is 9.79. The van der Waals surface area contributed by atoms with Gasteiger partial charge in [0.25, 0.3) is 5.91 Å². The molecule has 0 bridgehead atoms. The average Bonchev–Trinajstić information content (AvgIpc) is 3.46. The number of pyridine rings is 1. The molecule has 0 saturated heterocycles. The van der Waals surface area contributed by atoms with Gasteiger partial charge in [0.05, 0.1) is 11.4 Å². The van der Waals surface area contributed by atoms with Crippen molar-refractivity contribution in [2.75, 3.05) is 5.32 Å². The van der Waals surface area contributed by atoms with Gasteiger partial charge in [-0.15, -0.1) is 0 Å². The number of aldehydes is 1. The molecule has 0 spiro atoms. The van der Waals surface area contributed by atoms with E-state index in [4.69, 9.17) is 0 Å². The van der Waals surface area contributed by atoms with E-state index in [-0.39, 0.29) is 24.1 Å². The van der Waals surface area contributed by atoms with Crippen LogP contribution in [0, 0.1) is 13.8 Å². The summed E-state index contributed by atoms with van der Waals surface area (Å²) in [5, 5.41) is 7.04. The number of halogens is 5. The van der Waals surface area contributed by atoms with Crippen LogP contribution in [0.15, 0.2) is 78.2 Å². The highest BCUT2D eigenvalue weighted by molar-refractivity contribution is 8.45. The van der Waals surface area contributed by atoms with Crippen LogP contribution < -0.4 is 5.32 Å². The van der Waals surface area contributed by atoms with Crippen LogP contribution in [0.1, 0.15) is 31.8 Å². The standard InChI is InChI=1S/C26H20F5N5O2S/c1-16-8-17(2)24(35-6-7-36-25(35)13-23(34-36)19-4-3-5-32-14-19)12-22(16)33-26(38)20-9-18(15-37)10-21(11-20)39(27,28,29,30)31/h3-15H,1-2H3,(H,33,38). The molecule has 5 aromatic rings. The number of hydrogen-bond acceptors (Lipinski definition) is 4. The maximum absolute atomic E-state index is 13.4. The summed E-state index contributed by atoms with van der Waals surface area (Å²) in [5.74, 6) is -1.08. The van der Waals surface area contributed by atoms with Crippen LogP contribution in [-0.4, -0.2) is 31.4 Å². The van der Waals surface area contributed by atoms with E-state index in [0.717, 1.165) is 17.2 Å². The van der Waals surface area contributed by atoms with Crippen molar-refractivity contribution in [2.45, 2.75) is 18.7 Å². The molecular formula is C26H20F5N5O2S. The Balaban J connectivity index is 1.53. The van der Waals surface area contributed by atoms with Crippen LogP contribution >= 0.6 is 10.2 Å². The number of nitrogens with one attached hydrogen (secondary N) is 1. The lowest BCUT2D eigenvalue weighted by molar-refractivity contribution is 0.102. The molecule has 3 heterocycles. The van der Waals surface area contributed by atoms with E-state index in [0.29, 0.717) is 22.6 Å². The summed E-state index contributed by atoms with van der Waals surface area (Å²) in [6.45, 7) is 3.52. The van der Waals surface area contributed by atoms with Crippen molar-refractivity contribution >= 4 is 33.8 Å². The second kappa shape index (κ2) is 8.24. The minimum absolute atomic E-state index is 0.0262. The summed E-state index contributed by atoms with van der Waals surface area (Å²) in [6.07, 6.45) is 6.79. The van der Waals surface area contributed by atoms with E-state index < -0.39 is 32.2 Å². The van der Waals surface area contributed by atoms with Crippen molar-refractivity contribution < 1.29 is 29.0 Å². The van der Waals surface area contributed by atoms with Crippen molar-refractivity contribution in [3.8, 4) is 16.9 Å². The highest BCUT2D eigenvalue weighted by atomic mass is 32.5. The molecule has 5 rings (SSSR count). The van der Waals surface area contributed by atoms with Crippen LogP contribution in [0.4, 0.5) is 25.1 Å². The van der Waals surface area contributed by atoms with Gasteiger partial charge < -0.3 is 5.32 Å². The second-order valence-corrected chi connectivity index (χ2v) is 11.4. The number of rotatable bonds is 6. The van der Waals surface area contributed by atoms with Gasteiger partial charge in [0, 0.05) is 53.2 Å². The number of nitrogens with zero attached hydrogens (tertiary/aromatic N) is 4. The Hall–Kier alpha value is -4.52. The predicted octanol–water partition coefficient (Wildman–Crippen LogP) is 7.53. The molecule has 13 heteroatoms. The lowest BCUT2D eigenvalue weighted by Gasteiger charge is -2.40. The van der Waals surface area contributed by atoms with E-state index in [1.54, 1.807) is 54.4 Å². The zero-order chi connectivity index (χ0) is 28.2. The maximum Gasteiger partial charge on any atom is 0.310 e. The fourth-order valence-corrected chi connectivity index (χ4v) is 4.92. The van der Waals surface area contributed by atoms with E-state index >= 15 is 0 Å². The molecule has 0 atom stereocenters. The molecule has 3 aromatic heterocycles. The highest BCUT2D eigenvalue weighted by Gasteiger charge is 2.65. The van der Waals surface area contributed by atoms with E-state index in [1.165, 1.54) is 0 Å². The van der Waals surface area contributed by atoms with Gasteiger partial charge in [-0.25, -0.2) is 4.52 Å². The fraction of sp³-hybridized carbons (Fsp3) is 0.0769. The highest BCUT2D eigenvalue weighted by Crippen LogP contribution is 3.02. The van der Waals surface area contributed by atoms with Crippen molar-refractivity contribution in [3.05, 3.63) is 95.6 Å². The number of hydrogen-bond donors (Lipinski definition) is 1. The van der Waals surface area contributed by atoms with Crippen molar-refractivity contribution in [2.24, 2.45) is 0 Å². The summed E-state index contributed by atoms with van der Waals surface area (Å²) < 4.78 is 70.6. The summed E-state index contributed by atoms with van der Waals surface area (Å²) >= 11 is 0. The third-order valence-electron chi connectivity index (χ3n) is 6.10. The zero-order valence-corrected chi connectivity index (χ0v) is 21.2. The number of fused-ring (bicyclic) bond motifs is 1. The van der Waals surface area contributed by atoms with Crippen LogP contribution in [0.3, 0.4) is 0 Å². The van der Waals surface area contributed by atoms with Gasteiger partial charge in [0.15, 0.2) is 0 Å². The first-order valence-corrected chi connectivity index (χ1v) is 13.3. The van der Waals surface area contributed by atoms with Gasteiger partial charge in [0.1, 0.15) is 16.8 Å². The van der Waals surface area contributed by atoms with Gasteiger partial charge >= 0.3 is 10.2 Å². The normalized spacial score (nSPS) is 13.6. The Morgan fingerprint density at radius 2 is 1.74 bits per heavy atom. The number of amides is 1. The van der Waals surface area contributed by atoms with Gasteiger partial charge in [0.2, 0.25) is 0 Å². The van der Waals surface area contributed by atoms with E-state index in [1.807, 2.05) is 23.6 Å². The molecule has 0 radical (unpaired) electrons. The SMILES string of the molecule is Cc1cc(C)c(-n2ccn3nc(-c4cccnc4)cc23)cc1NC(=O)c1cc(C=O)cc(S(F)(F)(F)(F)F)c1. The van der Waals surface area contributed by atoms with Crippen LogP contribution in [0.2, 0.25) is 0 Å². The number of imidazole rings is 1. The summed E-state index contributed by atoms with van der Waals surface area (Å²) in [4.78, 5) is 25.9. The van der Waals surface area contributed by atoms with Crippen LogP contribution in [-0.2, 0) is 0 Å². The molecule has 2 aromatic carbocycles. The molecule has 7 nitrogen and oxygen atoms in total. The molecule has 0 unspecified atom stereocenters. The first-order chi connectivity index (χ1) is 18.1. The molecule has 0 aliphatic heterocycles. The Morgan fingerprint density at radius 1 is 0.974 bits per heavy atom. The average molecular weight is 562 g/mol. The lowest BCUT2D eigenvalue weighted by atomic mass is 10.1. The first-order valence-electron chi connectivity index (χ1n) is 11.4. The third kappa shape index (κ3) is 5.12. The number of benzene rings is 2. The molecule has 202 valence electrons. The second-order valence-electron chi connectivity index (χ2n) is 9.03. The Kier molecular flexibility index (Phi) is 5.51. The number of carbonyl (C=O) groups excluding carboxylic acids is 2. The Labute approximate surface area is 218 Å². The molecule has 1 N–H and O–H groups in total.